The highest BCUT2D eigenvalue weighted by molar-refractivity contribution is 7.20. The summed E-state index contributed by atoms with van der Waals surface area (Å²) in [6.45, 7) is 0.471. The smallest absolute Gasteiger partial charge is 0.281 e. The third-order valence-electron chi connectivity index (χ3n) is 3.85. The van der Waals surface area contributed by atoms with E-state index in [2.05, 4.69) is 27.1 Å². The van der Waals surface area contributed by atoms with E-state index in [1.807, 2.05) is 54.6 Å². The van der Waals surface area contributed by atoms with Gasteiger partial charge in [-0.25, -0.2) is 4.98 Å². The van der Waals surface area contributed by atoms with Crippen LogP contribution in [0.25, 0.3) is 21.1 Å². The van der Waals surface area contributed by atoms with Crippen LogP contribution in [0, 0.1) is 11.8 Å². The minimum atomic E-state index is -0.218. The van der Waals surface area contributed by atoms with Gasteiger partial charge in [0.25, 0.3) is 5.91 Å². The van der Waals surface area contributed by atoms with Gasteiger partial charge in [-0.05, 0) is 24.3 Å². The van der Waals surface area contributed by atoms with Crippen molar-refractivity contribution >= 4 is 38.4 Å². The fourth-order valence-electron chi connectivity index (χ4n) is 2.59. The average molecular weight is 373 g/mol. The van der Waals surface area contributed by atoms with Crippen molar-refractivity contribution in [3.8, 4) is 17.6 Å². The van der Waals surface area contributed by atoms with Gasteiger partial charge in [-0.1, -0.05) is 42.2 Å². The number of amides is 1. The number of pyridine rings is 1. The van der Waals surface area contributed by atoms with E-state index in [9.17, 15) is 4.79 Å². The van der Waals surface area contributed by atoms with Crippen molar-refractivity contribution in [3.63, 3.8) is 0 Å². The SMILES string of the molecule is O=C(NCC#CCOc1cccc2cccnc12)c1nc2ccccc2s1. The Balaban J connectivity index is 1.31. The van der Waals surface area contributed by atoms with Gasteiger partial charge in [0.1, 0.15) is 17.9 Å². The molecule has 0 saturated carbocycles. The van der Waals surface area contributed by atoms with Crippen molar-refractivity contribution in [2.24, 2.45) is 0 Å². The van der Waals surface area contributed by atoms with Crippen LogP contribution >= 0.6 is 11.3 Å². The summed E-state index contributed by atoms with van der Waals surface area (Å²) in [5, 5.41) is 4.22. The third-order valence-corrected chi connectivity index (χ3v) is 4.88. The number of carbonyl (C=O) groups is 1. The number of hydrogen-bond acceptors (Lipinski definition) is 5. The first-order valence-electron chi connectivity index (χ1n) is 8.37. The third kappa shape index (κ3) is 3.89. The molecule has 4 aromatic rings. The number of fused-ring (bicyclic) bond motifs is 2. The predicted molar refractivity (Wildman–Crippen MR) is 107 cm³/mol. The Labute approximate surface area is 160 Å². The van der Waals surface area contributed by atoms with Gasteiger partial charge in [-0.15, -0.1) is 11.3 Å². The molecular formula is C21H15N3O2S. The van der Waals surface area contributed by atoms with Gasteiger partial charge in [0, 0.05) is 11.6 Å². The Kier molecular flexibility index (Phi) is 4.95. The molecule has 27 heavy (non-hydrogen) atoms. The molecule has 0 atom stereocenters. The standard InChI is InChI=1S/C21H15N3O2S/c25-20(21-24-16-9-1-2-11-18(16)27-21)23-12-3-4-14-26-17-10-5-7-15-8-6-13-22-19(15)17/h1-2,5-11,13H,12,14H2,(H,23,25). The second-order valence-corrected chi connectivity index (χ2v) is 6.67. The summed E-state index contributed by atoms with van der Waals surface area (Å²) in [5.41, 5.74) is 1.64. The van der Waals surface area contributed by atoms with Crippen molar-refractivity contribution < 1.29 is 9.53 Å². The molecular weight excluding hydrogens is 358 g/mol. The molecule has 0 aliphatic heterocycles. The van der Waals surface area contributed by atoms with E-state index in [4.69, 9.17) is 4.74 Å². The lowest BCUT2D eigenvalue weighted by atomic mass is 10.2. The molecule has 132 valence electrons. The monoisotopic (exact) mass is 373 g/mol. The number of thiazole rings is 1. The predicted octanol–water partition coefficient (Wildman–Crippen LogP) is 3.66. The van der Waals surface area contributed by atoms with Gasteiger partial charge in [0.2, 0.25) is 0 Å². The molecule has 0 fully saturated rings. The first kappa shape index (κ1) is 17.0. The van der Waals surface area contributed by atoms with Crippen LogP contribution in [0.1, 0.15) is 9.80 Å². The van der Waals surface area contributed by atoms with Crippen molar-refractivity contribution in [1.29, 1.82) is 0 Å². The Morgan fingerprint density at radius 1 is 1.07 bits per heavy atom. The first-order chi connectivity index (χ1) is 13.3. The lowest BCUT2D eigenvalue weighted by Crippen LogP contribution is -2.23. The van der Waals surface area contributed by atoms with Gasteiger partial charge in [-0.2, -0.15) is 0 Å². The largest absolute Gasteiger partial charge is 0.479 e. The zero-order valence-corrected chi connectivity index (χ0v) is 15.1. The minimum Gasteiger partial charge on any atom is -0.479 e. The van der Waals surface area contributed by atoms with E-state index in [0.717, 1.165) is 21.1 Å². The molecule has 0 aliphatic carbocycles. The molecule has 1 amide bonds. The lowest BCUT2D eigenvalue weighted by molar-refractivity contribution is 0.0958. The second-order valence-electron chi connectivity index (χ2n) is 5.64. The summed E-state index contributed by atoms with van der Waals surface area (Å²) in [5.74, 6) is 6.27. The number of para-hydroxylation sites is 2. The summed E-state index contributed by atoms with van der Waals surface area (Å²) in [4.78, 5) is 20.8. The summed E-state index contributed by atoms with van der Waals surface area (Å²) >= 11 is 1.37. The summed E-state index contributed by atoms with van der Waals surface area (Å²) in [6.07, 6.45) is 1.73. The highest BCUT2D eigenvalue weighted by Gasteiger charge is 2.10. The van der Waals surface area contributed by atoms with Crippen LogP contribution in [0.15, 0.2) is 60.8 Å². The van der Waals surface area contributed by atoms with Gasteiger partial charge in [0.15, 0.2) is 5.01 Å². The maximum atomic E-state index is 12.1. The summed E-state index contributed by atoms with van der Waals surface area (Å²) < 4.78 is 6.68. The van der Waals surface area contributed by atoms with E-state index in [1.165, 1.54) is 11.3 Å². The average Bonchev–Trinajstić information content (AvgIpc) is 3.15. The van der Waals surface area contributed by atoms with Gasteiger partial charge >= 0.3 is 0 Å². The molecule has 2 aromatic heterocycles. The molecule has 0 bridgehead atoms. The molecule has 2 aromatic carbocycles. The molecule has 0 aliphatic rings. The normalized spacial score (nSPS) is 10.4. The fourth-order valence-corrected chi connectivity index (χ4v) is 3.47. The number of carbonyl (C=O) groups excluding carboxylic acids is 1. The van der Waals surface area contributed by atoms with E-state index < -0.39 is 0 Å². The van der Waals surface area contributed by atoms with E-state index in [0.29, 0.717) is 10.8 Å². The number of nitrogens with one attached hydrogen (secondary N) is 1. The number of nitrogens with zero attached hydrogens (tertiary/aromatic N) is 2. The van der Waals surface area contributed by atoms with Crippen LogP contribution in [-0.2, 0) is 0 Å². The molecule has 6 heteroatoms. The van der Waals surface area contributed by atoms with Crippen LogP contribution < -0.4 is 10.1 Å². The molecule has 2 heterocycles. The number of hydrogen-bond donors (Lipinski definition) is 1. The highest BCUT2D eigenvalue weighted by atomic mass is 32.1. The fraction of sp³-hybridized carbons (Fsp3) is 0.0952. The Bertz CT molecular complexity index is 1140. The van der Waals surface area contributed by atoms with Crippen molar-refractivity contribution in [1.82, 2.24) is 15.3 Å². The minimum absolute atomic E-state index is 0.218. The van der Waals surface area contributed by atoms with E-state index in [1.54, 1.807) is 6.20 Å². The maximum Gasteiger partial charge on any atom is 0.281 e. The molecule has 0 spiro atoms. The van der Waals surface area contributed by atoms with Gasteiger partial charge in [0.05, 0.1) is 16.8 Å². The highest BCUT2D eigenvalue weighted by Crippen LogP contribution is 2.23. The number of rotatable bonds is 4. The Morgan fingerprint density at radius 2 is 1.96 bits per heavy atom. The van der Waals surface area contributed by atoms with Gasteiger partial charge < -0.3 is 10.1 Å². The molecule has 0 unspecified atom stereocenters. The van der Waals surface area contributed by atoms with Gasteiger partial charge in [-0.3, -0.25) is 9.78 Å². The number of ether oxygens (including phenoxy) is 1. The van der Waals surface area contributed by atoms with E-state index in [-0.39, 0.29) is 19.1 Å². The Morgan fingerprint density at radius 3 is 2.89 bits per heavy atom. The molecule has 4 rings (SSSR count). The van der Waals surface area contributed by atoms with Crippen molar-refractivity contribution in [3.05, 3.63) is 65.8 Å². The van der Waals surface area contributed by atoms with Crippen LogP contribution in [0.4, 0.5) is 0 Å². The van der Waals surface area contributed by atoms with Crippen LogP contribution in [0.5, 0.6) is 5.75 Å². The zero-order valence-electron chi connectivity index (χ0n) is 14.3. The second kappa shape index (κ2) is 7.85. The molecule has 0 radical (unpaired) electrons. The van der Waals surface area contributed by atoms with Crippen LogP contribution in [-0.4, -0.2) is 29.0 Å². The van der Waals surface area contributed by atoms with Crippen molar-refractivity contribution in [2.75, 3.05) is 13.2 Å². The topological polar surface area (TPSA) is 64.1 Å². The number of benzene rings is 2. The summed E-state index contributed by atoms with van der Waals surface area (Å²) in [7, 11) is 0. The van der Waals surface area contributed by atoms with E-state index >= 15 is 0 Å². The Hall–Kier alpha value is -3.43. The lowest BCUT2D eigenvalue weighted by Gasteiger charge is -2.05. The zero-order chi connectivity index (χ0) is 18.5. The van der Waals surface area contributed by atoms with Crippen LogP contribution in [0.2, 0.25) is 0 Å². The number of aromatic nitrogens is 2. The van der Waals surface area contributed by atoms with Crippen LogP contribution in [0.3, 0.4) is 0 Å². The quantitative estimate of drug-likeness (QED) is 0.555. The molecule has 1 N–H and O–H groups in total. The maximum absolute atomic E-state index is 12.1. The summed E-state index contributed by atoms with van der Waals surface area (Å²) in [6, 6.07) is 17.3. The van der Waals surface area contributed by atoms with Crippen molar-refractivity contribution in [2.45, 2.75) is 0 Å². The first-order valence-corrected chi connectivity index (χ1v) is 9.19. The molecule has 5 nitrogen and oxygen atoms in total. The molecule has 0 saturated heterocycles.